The maximum absolute atomic E-state index is 12.9. The van der Waals surface area contributed by atoms with E-state index in [1.165, 1.54) is 0 Å². The molecule has 2 aromatic carbocycles. The van der Waals surface area contributed by atoms with E-state index in [-0.39, 0.29) is 5.91 Å². The molecule has 1 fully saturated rings. The van der Waals surface area contributed by atoms with Gasteiger partial charge in [0, 0.05) is 11.8 Å². The zero-order valence-electron chi connectivity index (χ0n) is 14.3. The average molecular weight is 339 g/mol. The zero-order chi connectivity index (χ0) is 18.0. The minimum Gasteiger partial charge on any atom is -0.482 e. The molecule has 2 aromatic rings. The second kappa shape index (κ2) is 6.59. The molecule has 0 unspecified atom stereocenters. The van der Waals surface area contributed by atoms with E-state index in [2.05, 4.69) is 23.5 Å². The van der Waals surface area contributed by atoms with Crippen LogP contribution in [0.3, 0.4) is 0 Å². The molecule has 0 aliphatic heterocycles. The third kappa shape index (κ3) is 3.82. The first kappa shape index (κ1) is 17.0. The Morgan fingerprint density at radius 1 is 1.12 bits per heavy atom. The molecule has 1 aliphatic rings. The third-order valence-corrected chi connectivity index (χ3v) is 4.41. The van der Waals surface area contributed by atoms with Crippen molar-refractivity contribution in [3.63, 3.8) is 0 Å². The van der Waals surface area contributed by atoms with Gasteiger partial charge in [-0.15, -0.1) is 0 Å². The molecule has 1 aliphatic carbocycles. The van der Waals surface area contributed by atoms with Gasteiger partial charge in [-0.2, -0.15) is 0 Å². The van der Waals surface area contributed by atoms with Crippen LogP contribution in [0, 0.1) is 13.8 Å². The highest BCUT2D eigenvalue weighted by Gasteiger charge is 2.51. The maximum atomic E-state index is 12.9. The molecule has 0 radical (unpaired) electrons. The fourth-order valence-corrected chi connectivity index (χ4v) is 3.08. The van der Waals surface area contributed by atoms with Crippen LogP contribution < -0.4 is 10.1 Å². The molecule has 0 atom stereocenters. The van der Waals surface area contributed by atoms with E-state index in [0.29, 0.717) is 11.4 Å². The number of carbonyl (C=O) groups is 2. The largest absolute Gasteiger partial charge is 0.482 e. The van der Waals surface area contributed by atoms with Crippen LogP contribution in [0.15, 0.2) is 42.5 Å². The predicted molar refractivity (Wildman–Crippen MR) is 95.0 cm³/mol. The van der Waals surface area contributed by atoms with Gasteiger partial charge in [0.25, 0.3) is 0 Å². The van der Waals surface area contributed by atoms with E-state index >= 15 is 0 Å². The normalized spacial score (nSPS) is 14.6. The van der Waals surface area contributed by atoms with Crippen LogP contribution in [-0.4, -0.2) is 23.6 Å². The zero-order valence-corrected chi connectivity index (χ0v) is 14.3. The number of amides is 1. The highest BCUT2D eigenvalue weighted by atomic mass is 16.5. The SMILES string of the molecule is Cc1cc(C)cc(C2(C(=O)Nc3cccc(OCC(=O)O)c3)CC2)c1. The Morgan fingerprint density at radius 2 is 1.80 bits per heavy atom. The predicted octanol–water partition coefficient (Wildman–Crippen LogP) is 3.44. The van der Waals surface area contributed by atoms with Gasteiger partial charge in [-0.05, 0) is 44.4 Å². The van der Waals surface area contributed by atoms with Crippen molar-refractivity contribution in [3.8, 4) is 5.75 Å². The Kier molecular flexibility index (Phi) is 4.49. The third-order valence-electron chi connectivity index (χ3n) is 4.41. The second-order valence-electron chi connectivity index (χ2n) is 6.62. The van der Waals surface area contributed by atoms with Gasteiger partial charge in [-0.3, -0.25) is 4.79 Å². The van der Waals surface area contributed by atoms with Crippen LogP contribution in [0.5, 0.6) is 5.75 Å². The van der Waals surface area contributed by atoms with E-state index in [9.17, 15) is 9.59 Å². The lowest BCUT2D eigenvalue weighted by atomic mass is 9.92. The van der Waals surface area contributed by atoms with Crippen molar-refractivity contribution >= 4 is 17.6 Å². The summed E-state index contributed by atoms with van der Waals surface area (Å²) in [6.45, 7) is 3.66. The van der Waals surface area contributed by atoms with Crippen LogP contribution in [0.2, 0.25) is 0 Å². The summed E-state index contributed by atoms with van der Waals surface area (Å²) in [6, 6.07) is 13.0. The van der Waals surface area contributed by atoms with Crippen molar-refractivity contribution in [1.82, 2.24) is 0 Å². The highest BCUT2D eigenvalue weighted by molar-refractivity contribution is 6.01. The topological polar surface area (TPSA) is 75.6 Å². The number of ether oxygens (including phenoxy) is 1. The standard InChI is InChI=1S/C20H21NO4/c1-13-8-14(2)10-15(9-13)20(6-7-20)19(24)21-16-4-3-5-17(11-16)25-12-18(22)23/h3-5,8-11H,6-7,12H2,1-2H3,(H,21,24)(H,22,23). The molecule has 0 bridgehead atoms. The van der Waals surface area contributed by atoms with E-state index in [1.807, 2.05) is 13.8 Å². The Balaban J connectivity index is 1.76. The number of hydrogen-bond acceptors (Lipinski definition) is 3. The van der Waals surface area contributed by atoms with Gasteiger partial charge >= 0.3 is 5.97 Å². The summed E-state index contributed by atoms with van der Waals surface area (Å²) >= 11 is 0. The minimum atomic E-state index is -1.04. The lowest BCUT2D eigenvalue weighted by molar-refractivity contribution is -0.139. The minimum absolute atomic E-state index is 0.0344. The molecule has 2 N–H and O–H groups in total. The van der Waals surface area contributed by atoms with Crippen molar-refractivity contribution in [2.45, 2.75) is 32.1 Å². The fourth-order valence-electron chi connectivity index (χ4n) is 3.08. The molecule has 25 heavy (non-hydrogen) atoms. The first-order valence-corrected chi connectivity index (χ1v) is 8.24. The van der Waals surface area contributed by atoms with Crippen molar-refractivity contribution in [1.29, 1.82) is 0 Å². The molecular formula is C20H21NO4. The van der Waals surface area contributed by atoms with E-state index in [4.69, 9.17) is 9.84 Å². The van der Waals surface area contributed by atoms with Gasteiger partial charge in [0.1, 0.15) is 5.75 Å². The molecular weight excluding hydrogens is 318 g/mol. The van der Waals surface area contributed by atoms with Gasteiger partial charge in [-0.1, -0.05) is 35.4 Å². The lowest BCUT2D eigenvalue weighted by Crippen LogP contribution is -2.28. The Labute approximate surface area is 146 Å². The first-order valence-electron chi connectivity index (χ1n) is 8.24. The number of aryl methyl sites for hydroxylation is 2. The van der Waals surface area contributed by atoms with Crippen molar-refractivity contribution in [2.24, 2.45) is 0 Å². The Bertz CT molecular complexity index is 804. The number of hydrogen-bond donors (Lipinski definition) is 2. The number of rotatable bonds is 6. The van der Waals surface area contributed by atoms with Crippen molar-refractivity contribution in [3.05, 3.63) is 59.2 Å². The van der Waals surface area contributed by atoms with Crippen LogP contribution in [0.25, 0.3) is 0 Å². The summed E-state index contributed by atoms with van der Waals surface area (Å²) in [5, 5.41) is 11.6. The number of carbonyl (C=O) groups excluding carboxylic acids is 1. The van der Waals surface area contributed by atoms with E-state index < -0.39 is 18.0 Å². The summed E-state index contributed by atoms with van der Waals surface area (Å²) in [6.07, 6.45) is 1.66. The molecule has 5 heteroatoms. The van der Waals surface area contributed by atoms with Crippen LogP contribution in [0.4, 0.5) is 5.69 Å². The van der Waals surface area contributed by atoms with Crippen LogP contribution in [0.1, 0.15) is 29.5 Å². The monoisotopic (exact) mass is 339 g/mol. The molecule has 1 saturated carbocycles. The molecule has 3 rings (SSSR count). The van der Waals surface area contributed by atoms with Gasteiger partial charge in [-0.25, -0.2) is 4.79 Å². The Morgan fingerprint density at radius 3 is 2.40 bits per heavy atom. The van der Waals surface area contributed by atoms with Gasteiger partial charge < -0.3 is 15.2 Å². The molecule has 0 heterocycles. The Hall–Kier alpha value is -2.82. The van der Waals surface area contributed by atoms with Crippen molar-refractivity contribution in [2.75, 3.05) is 11.9 Å². The quantitative estimate of drug-likeness (QED) is 0.845. The number of anilines is 1. The molecule has 130 valence electrons. The number of aliphatic carboxylic acids is 1. The summed E-state index contributed by atoms with van der Waals surface area (Å²) in [7, 11) is 0. The van der Waals surface area contributed by atoms with E-state index in [1.54, 1.807) is 24.3 Å². The van der Waals surface area contributed by atoms with Crippen LogP contribution >= 0.6 is 0 Å². The number of carboxylic acid groups (broad SMARTS) is 1. The van der Waals surface area contributed by atoms with Crippen LogP contribution in [-0.2, 0) is 15.0 Å². The summed E-state index contributed by atoms with van der Waals surface area (Å²) in [5.41, 5.74) is 3.50. The summed E-state index contributed by atoms with van der Waals surface area (Å²) < 4.78 is 5.16. The highest BCUT2D eigenvalue weighted by Crippen LogP contribution is 2.49. The number of benzene rings is 2. The van der Waals surface area contributed by atoms with Gasteiger partial charge in [0.05, 0.1) is 5.41 Å². The van der Waals surface area contributed by atoms with Crippen molar-refractivity contribution < 1.29 is 19.4 Å². The van der Waals surface area contributed by atoms with Gasteiger partial charge in [0.2, 0.25) is 5.91 Å². The smallest absolute Gasteiger partial charge is 0.341 e. The lowest BCUT2D eigenvalue weighted by Gasteiger charge is -2.17. The number of carboxylic acids is 1. The molecule has 0 saturated heterocycles. The summed E-state index contributed by atoms with van der Waals surface area (Å²) in [5.74, 6) is -0.662. The molecule has 5 nitrogen and oxygen atoms in total. The fraction of sp³-hybridized carbons (Fsp3) is 0.300. The maximum Gasteiger partial charge on any atom is 0.341 e. The molecule has 0 spiro atoms. The van der Waals surface area contributed by atoms with E-state index in [0.717, 1.165) is 29.5 Å². The second-order valence-corrected chi connectivity index (χ2v) is 6.62. The summed E-state index contributed by atoms with van der Waals surface area (Å²) in [4.78, 5) is 23.4. The molecule has 0 aromatic heterocycles. The van der Waals surface area contributed by atoms with Gasteiger partial charge in [0.15, 0.2) is 6.61 Å². The first-order chi connectivity index (χ1) is 11.9. The average Bonchev–Trinajstić information content (AvgIpc) is 3.34. The molecule has 1 amide bonds. The number of nitrogens with one attached hydrogen (secondary N) is 1.